The van der Waals surface area contributed by atoms with E-state index in [2.05, 4.69) is 48.7 Å². The zero-order valence-electron chi connectivity index (χ0n) is 17.4. The average Bonchev–Trinajstić information content (AvgIpc) is 3.28. The first-order valence-electron chi connectivity index (χ1n) is 10.8. The molecule has 0 radical (unpaired) electrons. The monoisotopic (exact) mass is 419 g/mol. The van der Waals surface area contributed by atoms with E-state index in [0.29, 0.717) is 0 Å². The van der Waals surface area contributed by atoms with Crippen LogP contribution in [0.1, 0.15) is 13.3 Å². The summed E-state index contributed by atoms with van der Waals surface area (Å²) in [4.78, 5) is 21.2. The summed E-state index contributed by atoms with van der Waals surface area (Å²) in [5.74, 6) is 4.28. The number of ether oxygens (including phenoxy) is 1. The average molecular weight is 420 g/mol. The van der Waals surface area contributed by atoms with Gasteiger partial charge >= 0.3 is 0 Å². The van der Waals surface area contributed by atoms with Gasteiger partial charge in [0.2, 0.25) is 5.95 Å². The maximum absolute atomic E-state index is 5.59. The Kier molecular flexibility index (Phi) is 7.10. The van der Waals surface area contributed by atoms with Gasteiger partial charge in [0.05, 0.1) is 25.3 Å². The Bertz CT molecular complexity index is 654. The molecular weight excluding hydrogens is 386 g/mol. The maximum atomic E-state index is 5.59. The molecule has 3 fully saturated rings. The lowest BCUT2D eigenvalue weighted by Gasteiger charge is -2.42. The Balaban J connectivity index is 1.41. The van der Waals surface area contributed by atoms with Crippen LogP contribution >= 0.6 is 11.8 Å². The zero-order valence-corrected chi connectivity index (χ0v) is 18.2. The molecular formula is C20H33N7OS. The molecule has 3 saturated heterocycles. The number of nitrogens with zero attached hydrogens (tertiary/aromatic N) is 6. The highest BCUT2D eigenvalue weighted by Crippen LogP contribution is 2.34. The fourth-order valence-corrected chi connectivity index (χ4v) is 5.80. The highest BCUT2D eigenvalue weighted by molar-refractivity contribution is 7.99. The second kappa shape index (κ2) is 9.95. The van der Waals surface area contributed by atoms with E-state index >= 15 is 0 Å². The molecule has 0 aromatic carbocycles. The molecule has 9 heteroatoms. The first-order chi connectivity index (χ1) is 14.3. The number of thioether (sulfide) groups is 1. The van der Waals surface area contributed by atoms with Crippen molar-refractivity contribution in [1.82, 2.24) is 25.1 Å². The molecule has 0 aliphatic carbocycles. The summed E-state index contributed by atoms with van der Waals surface area (Å²) in [5.41, 5.74) is 0.189. The molecule has 0 bridgehead atoms. The van der Waals surface area contributed by atoms with Crippen LogP contribution in [0.2, 0.25) is 0 Å². The van der Waals surface area contributed by atoms with Crippen molar-refractivity contribution in [2.24, 2.45) is 4.99 Å². The Hall–Kier alpha value is -1.58. The lowest BCUT2D eigenvalue weighted by atomic mass is 9.96. The van der Waals surface area contributed by atoms with Gasteiger partial charge in [-0.05, 0) is 25.2 Å². The summed E-state index contributed by atoms with van der Waals surface area (Å²) in [5, 5.41) is 3.53. The van der Waals surface area contributed by atoms with Gasteiger partial charge in [-0.25, -0.2) is 9.97 Å². The van der Waals surface area contributed by atoms with Crippen LogP contribution in [0.25, 0.3) is 0 Å². The van der Waals surface area contributed by atoms with Crippen LogP contribution < -0.4 is 10.2 Å². The Morgan fingerprint density at radius 1 is 1.17 bits per heavy atom. The van der Waals surface area contributed by atoms with Crippen molar-refractivity contribution in [2.75, 3.05) is 82.0 Å². The van der Waals surface area contributed by atoms with Gasteiger partial charge in [-0.1, -0.05) is 0 Å². The normalized spacial score (nSPS) is 26.7. The molecule has 1 N–H and O–H groups in total. The fraction of sp³-hybridized carbons (Fsp3) is 0.750. The fourth-order valence-electron chi connectivity index (χ4n) is 4.33. The molecule has 1 unspecified atom stereocenters. The molecule has 0 saturated carbocycles. The van der Waals surface area contributed by atoms with Crippen LogP contribution in [0.4, 0.5) is 5.95 Å². The number of aliphatic imine (C=N–C) groups is 1. The van der Waals surface area contributed by atoms with Gasteiger partial charge in [-0.2, -0.15) is 11.8 Å². The van der Waals surface area contributed by atoms with Crippen LogP contribution in [-0.4, -0.2) is 108 Å². The second-order valence-corrected chi connectivity index (χ2v) is 8.92. The molecule has 29 heavy (non-hydrogen) atoms. The van der Waals surface area contributed by atoms with Crippen molar-refractivity contribution < 1.29 is 4.74 Å². The molecule has 8 nitrogen and oxygen atoms in total. The van der Waals surface area contributed by atoms with E-state index in [4.69, 9.17) is 9.73 Å². The van der Waals surface area contributed by atoms with Crippen molar-refractivity contribution in [3.05, 3.63) is 18.5 Å². The van der Waals surface area contributed by atoms with Gasteiger partial charge in [0.1, 0.15) is 0 Å². The summed E-state index contributed by atoms with van der Waals surface area (Å²) in [6, 6.07) is 1.86. The number of nitrogens with one attached hydrogen (secondary N) is 1. The van der Waals surface area contributed by atoms with Crippen LogP contribution in [0, 0.1) is 0 Å². The third-order valence-electron chi connectivity index (χ3n) is 6.04. The van der Waals surface area contributed by atoms with Gasteiger partial charge in [-0.15, -0.1) is 0 Å². The minimum atomic E-state index is 0.189. The second-order valence-electron chi connectivity index (χ2n) is 7.82. The highest BCUT2D eigenvalue weighted by atomic mass is 32.2. The first-order valence-corrected chi connectivity index (χ1v) is 11.9. The van der Waals surface area contributed by atoms with Crippen LogP contribution in [0.3, 0.4) is 0 Å². The maximum Gasteiger partial charge on any atom is 0.225 e. The highest BCUT2D eigenvalue weighted by Gasteiger charge is 2.40. The molecule has 1 atom stereocenters. The molecule has 1 aromatic rings. The number of aromatic nitrogens is 2. The van der Waals surface area contributed by atoms with E-state index in [-0.39, 0.29) is 5.54 Å². The first kappa shape index (κ1) is 20.7. The van der Waals surface area contributed by atoms with E-state index < -0.39 is 0 Å². The van der Waals surface area contributed by atoms with E-state index in [1.807, 2.05) is 18.5 Å². The lowest BCUT2D eigenvalue weighted by molar-refractivity contribution is -0.0105. The van der Waals surface area contributed by atoms with Crippen molar-refractivity contribution >= 4 is 23.7 Å². The van der Waals surface area contributed by atoms with E-state index in [0.717, 1.165) is 77.5 Å². The van der Waals surface area contributed by atoms with E-state index in [9.17, 15) is 0 Å². The Labute approximate surface area is 178 Å². The smallest absolute Gasteiger partial charge is 0.225 e. The zero-order chi connectivity index (χ0) is 19.9. The molecule has 0 amide bonds. The predicted molar refractivity (Wildman–Crippen MR) is 119 cm³/mol. The summed E-state index contributed by atoms with van der Waals surface area (Å²) in [6.07, 6.45) is 4.84. The predicted octanol–water partition coefficient (Wildman–Crippen LogP) is 0.772. The lowest BCUT2D eigenvalue weighted by Crippen LogP contribution is -2.57. The van der Waals surface area contributed by atoms with Crippen molar-refractivity contribution in [2.45, 2.75) is 18.9 Å². The summed E-state index contributed by atoms with van der Waals surface area (Å²) in [7, 11) is 0. The Morgan fingerprint density at radius 2 is 1.93 bits per heavy atom. The van der Waals surface area contributed by atoms with Crippen LogP contribution in [-0.2, 0) is 4.74 Å². The quantitative estimate of drug-likeness (QED) is 0.555. The summed E-state index contributed by atoms with van der Waals surface area (Å²) < 4.78 is 5.59. The van der Waals surface area contributed by atoms with Gasteiger partial charge in [0, 0.05) is 64.0 Å². The minimum absolute atomic E-state index is 0.189. The molecule has 3 aliphatic rings. The van der Waals surface area contributed by atoms with Gasteiger partial charge in [0.15, 0.2) is 5.96 Å². The largest absolute Gasteiger partial charge is 0.379 e. The van der Waals surface area contributed by atoms with Crippen LogP contribution in [0.15, 0.2) is 23.5 Å². The standard InChI is InChI=1S/C20H33N7OS/c1-2-21-18(25-7-9-26(10-8-25)19-22-5-3-6-23-19)24-16-20(4-15-29-17-20)27-11-13-28-14-12-27/h3,5-6H,2,4,7-17H2,1H3,(H,21,24). The van der Waals surface area contributed by atoms with E-state index in [1.165, 1.54) is 17.9 Å². The topological polar surface area (TPSA) is 69.1 Å². The van der Waals surface area contributed by atoms with Gasteiger partial charge < -0.3 is 19.9 Å². The minimum Gasteiger partial charge on any atom is -0.379 e. The molecule has 4 heterocycles. The van der Waals surface area contributed by atoms with Crippen molar-refractivity contribution in [1.29, 1.82) is 0 Å². The van der Waals surface area contributed by atoms with Crippen molar-refractivity contribution in [3.8, 4) is 0 Å². The molecule has 4 rings (SSSR count). The van der Waals surface area contributed by atoms with Crippen LogP contribution in [0.5, 0.6) is 0 Å². The molecule has 1 aromatic heterocycles. The summed E-state index contributed by atoms with van der Waals surface area (Å²) in [6.45, 7) is 11.4. The third-order valence-corrected chi connectivity index (χ3v) is 7.27. The van der Waals surface area contributed by atoms with E-state index in [1.54, 1.807) is 0 Å². The van der Waals surface area contributed by atoms with Gasteiger partial charge in [-0.3, -0.25) is 9.89 Å². The molecule has 0 spiro atoms. The molecule has 160 valence electrons. The Morgan fingerprint density at radius 3 is 2.59 bits per heavy atom. The third kappa shape index (κ3) is 4.95. The van der Waals surface area contributed by atoms with Gasteiger partial charge in [0.25, 0.3) is 0 Å². The number of guanidine groups is 1. The number of hydrogen-bond acceptors (Lipinski definition) is 7. The summed E-state index contributed by atoms with van der Waals surface area (Å²) >= 11 is 2.07. The van der Waals surface area contributed by atoms with Crippen molar-refractivity contribution in [3.63, 3.8) is 0 Å². The number of anilines is 1. The number of rotatable bonds is 5. The number of morpholine rings is 1. The SMILES string of the molecule is CCNC(=NCC1(N2CCOCC2)CCSC1)N1CCN(c2ncccn2)CC1. The molecule has 3 aliphatic heterocycles. The number of hydrogen-bond donors (Lipinski definition) is 1. The number of piperazine rings is 1.